The molecule has 0 N–H and O–H groups in total. The molecule has 27 heavy (non-hydrogen) atoms. The molecule has 0 atom stereocenters. The van der Waals surface area contributed by atoms with Gasteiger partial charge in [-0.1, -0.05) is 23.7 Å². The summed E-state index contributed by atoms with van der Waals surface area (Å²) >= 11 is 7.60. The third kappa shape index (κ3) is 4.48. The zero-order valence-corrected chi connectivity index (χ0v) is 17.3. The van der Waals surface area contributed by atoms with Crippen LogP contribution in [0.5, 0.6) is 0 Å². The van der Waals surface area contributed by atoms with Crippen LogP contribution in [0.25, 0.3) is 0 Å². The Morgan fingerprint density at radius 1 is 1.19 bits per heavy atom. The van der Waals surface area contributed by atoms with Crippen LogP contribution in [0.3, 0.4) is 0 Å². The second-order valence-electron chi connectivity index (χ2n) is 6.77. The van der Waals surface area contributed by atoms with Gasteiger partial charge in [0.1, 0.15) is 9.88 Å². The van der Waals surface area contributed by atoms with Crippen molar-refractivity contribution in [1.29, 1.82) is 0 Å². The van der Waals surface area contributed by atoms with E-state index < -0.39 is 0 Å². The minimum Gasteiger partial charge on any atom is -0.344 e. The SMILES string of the molecule is Cc1nc(CN2CCN(C(=O)c3ccccc3Cl)CC2)sc1C(=O)N(C)C. The van der Waals surface area contributed by atoms with E-state index in [0.717, 1.165) is 23.8 Å². The Bertz CT molecular complexity index is 844. The minimum absolute atomic E-state index is 0.00796. The van der Waals surface area contributed by atoms with E-state index in [4.69, 9.17) is 11.6 Å². The van der Waals surface area contributed by atoms with Crippen molar-refractivity contribution in [2.75, 3.05) is 40.3 Å². The molecule has 1 saturated heterocycles. The molecule has 2 amide bonds. The normalized spacial score (nSPS) is 15.0. The number of carbonyl (C=O) groups is 2. The van der Waals surface area contributed by atoms with Crippen LogP contribution in [0, 0.1) is 6.92 Å². The van der Waals surface area contributed by atoms with Gasteiger partial charge in [-0.15, -0.1) is 11.3 Å². The molecular weight excluding hydrogens is 384 g/mol. The summed E-state index contributed by atoms with van der Waals surface area (Å²) in [5.41, 5.74) is 1.33. The number of nitrogens with zero attached hydrogens (tertiary/aromatic N) is 4. The lowest BCUT2D eigenvalue weighted by Crippen LogP contribution is -2.48. The molecule has 0 spiro atoms. The van der Waals surface area contributed by atoms with Crippen LogP contribution in [-0.2, 0) is 6.54 Å². The predicted molar refractivity (Wildman–Crippen MR) is 108 cm³/mol. The zero-order chi connectivity index (χ0) is 19.6. The molecule has 0 unspecified atom stereocenters. The second kappa shape index (κ2) is 8.37. The summed E-state index contributed by atoms with van der Waals surface area (Å²) in [5.74, 6) is -0.0318. The van der Waals surface area contributed by atoms with Crippen LogP contribution in [0.15, 0.2) is 24.3 Å². The quantitative estimate of drug-likeness (QED) is 0.783. The Labute approximate surface area is 168 Å². The highest BCUT2D eigenvalue weighted by Crippen LogP contribution is 2.22. The highest BCUT2D eigenvalue weighted by Gasteiger charge is 2.25. The van der Waals surface area contributed by atoms with Gasteiger partial charge in [-0.05, 0) is 19.1 Å². The number of aryl methyl sites for hydroxylation is 1. The number of hydrogen-bond acceptors (Lipinski definition) is 5. The summed E-state index contributed by atoms with van der Waals surface area (Å²) < 4.78 is 0. The van der Waals surface area contributed by atoms with Crippen molar-refractivity contribution in [2.24, 2.45) is 0 Å². The van der Waals surface area contributed by atoms with Gasteiger partial charge < -0.3 is 9.80 Å². The first-order valence-corrected chi connectivity index (χ1v) is 10.0. The molecular formula is C19H23ClN4O2S. The van der Waals surface area contributed by atoms with Crippen LogP contribution in [-0.4, -0.2) is 71.8 Å². The van der Waals surface area contributed by atoms with Crippen molar-refractivity contribution in [2.45, 2.75) is 13.5 Å². The molecule has 8 heteroatoms. The van der Waals surface area contributed by atoms with Crippen molar-refractivity contribution in [1.82, 2.24) is 19.7 Å². The van der Waals surface area contributed by atoms with E-state index in [1.807, 2.05) is 24.0 Å². The number of aromatic nitrogens is 1. The molecule has 1 fully saturated rings. The summed E-state index contributed by atoms with van der Waals surface area (Å²) in [6.07, 6.45) is 0. The van der Waals surface area contributed by atoms with Gasteiger partial charge in [-0.25, -0.2) is 4.98 Å². The van der Waals surface area contributed by atoms with Crippen molar-refractivity contribution < 1.29 is 9.59 Å². The number of hydrogen-bond donors (Lipinski definition) is 0. The van der Waals surface area contributed by atoms with Gasteiger partial charge in [0, 0.05) is 40.3 Å². The van der Waals surface area contributed by atoms with Gasteiger partial charge in [-0.2, -0.15) is 0 Å². The van der Waals surface area contributed by atoms with Crippen molar-refractivity contribution in [3.05, 3.63) is 50.4 Å². The number of amides is 2. The van der Waals surface area contributed by atoms with Gasteiger partial charge in [0.25, 0.3) is 11.8 Å². The van der Waals surface area contributed by atoms with Gasteiger partial charge in [-0.3, -0.25) is 14.5 Å². The topological polar surface area (TPSA) is 56.8 Å². The van der Waals surface area contributed by atoms with Gasteiger partial charge in [0.15, 0.2) is 0 Å². The summed E-state index contributed by atoms with van der Waals surface area (Å²) in [7, 11) is 3.49. The molecule has 0 aliphatic carbocycles. The fourth-order valence-corrected chi connectivity index (χ4v) is 4.37. The number of thiazole rings is 1. The maximum atomic E-state index is 12.6. The summed E-state index contributed by atoms with van der Waals surface area (Å²) in [6.45, 7) is 5.41. The molecule has 0 radical (unpaired) electrons. The third-order valence-electron chi connectivity index (χ3n) is 4.56. The smallest absolute Gasteiger partial charge is 0.265 e. The molecule has 1 aliphatic heterocycles. The van der Waals surface area contributed by atoms with E-state index in [-0.39, 0.29) is 11.8 Å². The van der Waals surface area contributed by atoms with Crippen LogP contribution < -0.4 is 0 Å². The predicted octanol–water partition coefficient (Wildman–Crippen LogP) is 2.76. The molecule has 1 aromatic carbocycles. The van der Waals surface area contributed by atoms with E-state index in [2.05, 4.69) is 9.88 Å². The zero-order valence-electron chi connectivity index (χ0n) is 15.7. The average molecular weight is 407 g/mol. The first kappa shape index (κ1) is 19.8. The average Bonchev–Trinajstić information content (AvgIpc) is 3.01. The lowest BCUT2D eigenvalue weighted by atomic mass is 10.2. The molecule has 1 aliphatic rings. The van der Waals surface area contributed by atoms with E-state index in [9.17, 15) is 9.59 Å². The van der Waals surface area contributed by atoms with Crippen molar-refractivity contribution in [3.63, 3.8) is 0 Å². The largest absolute Gasteiger partial charge is 0.344 e. The first-order valence-electron chi connectivity index (χ1n) is 8.81. The molecule has 1 aromatic heterocycles. The van der Waals surface area contributed by atoms with Crippen molar-refractivity contribution >= 4 is 34.8 Å². The number of piperazine rings is 1. The highest BCUT2D eigenvalue weighted by molar-refractivity contribution is 7.13. The highest BCUT2D eigenvalue weighted by atomic mass is 35.5. The van der Waals surface area contributed by atoms with Crippen LogP contribution >= 0.6 is 22.9 Å². The van der Waals surface area contributed by atoms with Crippen molar-refractivity contribution in [3.8, 4) is 0 Å². The molecule has 144 valence electrons. The molecule has 0 saturated carbocycles. The number of halogens is 1. The lowest BCUT2D eigenvalue weighted by Gasteiger charge is -2.34. The Morgan fingerprint density at radius 3 is 2.48 bits per heavy atom. The maximum Gasteiger partial charge on any atom is 0.265 e. The standard InChI is InChI=1S/C19H23ClN4O2S/c1-13-17(19(26)22(2)3)27-16(21-13)12-23-8-10-24(11-9-23)18(25)14-6-4-5-7-15(14)20/h4-7H,8-12H2,1-3H3. The fourth-order valence-electron chi connectivity index (χ4n) is 3.03. The van der Waals surface area contributed by atoms with Gasteiger partial charge in [0.2, 0.25) is 0 Å². The Morgan fingerprint density at radius 2 is 1.85 bits per heavy atom. The molecule has 6 nitrogen and oxygen atoms in total. The first-order chi connectivity index (χ1) is 12.9. The monoisotopic (exact) mass is 406 g/mol. The number of carbonyl (C=O) groups excluding carboxylic acids is 2. The second-order valence-corrected chi connectivity index (χ2v) is 8.26. The summed E-state index contributed by atoms with van der Waals surface area (Å²) in [4.78, 5) is 35.7. The third-order valence-corrected chi connectivity index (χ3v) is 6.02. The lowest BCUT2D eigenvalue weighted by molar-refractivity contribution is 0.0628. The molecule has 2 aromatic rings. The number of benzene rings is 1. The van der Waals surface area contributed by atoms with Crippen LogP contribution in [0.2, 0.25) is 5.02 Å². The molecule has 2 heterocycles. The summed E-state index contributed by atoms with van der Waals surface area (Å²) in [6, 6.07) is 7.15. The van der Waals surface area contributed by atoms with Gasteiger partial charge in [0.05, 0.1) is 22.8 Å². The Hall–Kier alpha value is -1.96. The van der Waals surface area contributed by atoms with Crippen LogP contribution in [0.1, 0.15) is 30.7 Å². The number of rotatable bonds is 4. The van der Waals surface area contributed by atoms with E-state index in [0.29, 0.717) is 35.1 Å². The van der Waals surface area contributed by atoms with Gasteiger partial charge >= 0.3 is 0 Å². The van der Waals surface area contributed by atoms with E-state index >= 15 is 0 Å². The van der Waals surface area contributed by atoms with E-state index in [1.165, 1.54) is 11.3 Å². The Balaban J connectivity index is 1.59. The van der Waals surface area contributed by atoms with E-state index in [1.54, 1.807) is 31.1 Å². The minimum atomic E-state index is -0.0239. The molecule has 0 bridgehead atoms. The van der Waals surface area contributed by atoms with Crippen LogP contribution in [0.4, 0.5) is 0 Å². The maximum absolute atomic E-state index is 12.6. The molecule has 3 rings (SSSR count). The fraction of sp³-hybridized carbons (Fsp3) is 0.421. The Kier molecular flexibility index (Phi) is 6.14. The summed E-state index contributed by atoms with van der Waals surface area (Å²) in [5, 5.41) is 1.42.